The van der Waals surface area contributed by atoms with Crippen molar-refractivity contribution in [1.29, 1.82) is 0 Å². The second kappa shape index (κ2) is 7.19. The van der Waals surface area contributed by atoms with Gasteiger partial charge in [-0.3, -0.25) is 4.39 Å². The summed E-state index contributed by atoms with van der Waals surface area (Å²) < 4.78 is 50.8. The zero-order valence-electron chi connectivity index (χ0n) is 9.67. The van der Waals surface area contributed by atoms with Gasteiger partial charge in [0.1, 0.15) is 17.0 Å². The van der Waals surface area contributed by atoms with Crippen molar-refractivity contribution < 1.29 is 17.7 Å². The molecule has 1 N–H and O–H groups in total. The Labute approximate surface area is 97.6 Å². The molecule has 0 aromatic heterocycles. The number of alkyl halides is 2. The lowest BCUT2D eigenvalue weighted by Gasteiger charge is -2.27. The molecule has 96 valence electrons. The summed E-state index contributed by atoms with van der Waals surface area (Å²) in [7, 11) is 0. The highest BCUT2D eigenvalue weighted by Crippen LogP contribution is 2.16. The highest BCUT2D eigenvalue weighted by atomic mass is 32.2. The minimum absolute atomic E-state index is 0.169. The monoisotopic (exact) mass is 257 g/mol. The standard InChI is InChI=1S/C10H18F3NOS/c1-10(2,3)16(15)14-9(5-7-12)8(13)4-6-11/h5,7-9,14H,4,6H2,1-3H3/t8?,9?,16-/m1/s1. The summed E-state index contributed by atoms with van der Waals surface area (Å²) in [6.45, 7) is 4.28. The van der Waals surface area contributed by atoms with Crippen LogP contribution in [0.3, 0.4) is 0 Å². The van der Waals surface area contributed by atoms with Crippen molar-refractivity contribution >= 4 is 11.4 Å². The average molecular weight is 257 g/mol. The molecule has 0 bridgehead atoms. The first kappa shape index (κ1) is 15.8. The number of halogens is 3. The molecule has 0 spiro atoms. The Morgan fingerprint density at radius 1 is 1.44 bits per heavy atom. The lowest BCUT2D eigenvalue weighted by atomic mass is 10.1. The smallest absolute Gasteiger partial charge is 0.136 e. The topological polar surface area (TPSA) is 35.1 Å². The molecule has 0 rings (SSSR count). The van der Waals surface area contributed by atoms with Gasteiger partial charge in [-0.15, -0.1) is 4.72 Å². The van der Waals surface area contributed by atoms with Crippen molar-refractivity contribution in [2.45, 2.75) is 44.2 Å². The van der Waals surface area contributed by atoms with Crippen molar-refractivity contribution in [3.63, 3.8) is 0 Å². The number of hydrogen-bond acceptors (Lipinski definition) is 2. The van der Waals surface area contributed by atoms with E-state index < -0.39 is 35.0 Å². The molecule has 0 aliphatic rings. The molecule has 0 saturated heterocycles. The second-order valence-corrected chi connectivity index (χ2v) is 6.33. The van der Waals surface area contributed by atoms with Gasteiger partial charge in [0.25, 0.3) is 0 Å². The highest BCUT2D eigenvalue weighted by Gasteiger charge is 2.31. The van der Waals surface area contributed by atoms with Crippen LogP contribution in [0.1, 0.15) is 27.2 Å². The van der Waals surface area contributed by atoms with E-state index >= 15 is 0 Å². The summed E-state index contributed by atoms with van der Waals surface area (Å²) in [6, 6.07) is -1.07. The third kappa shape index (κ3) is 5.77. The van der Waals surface area contributed by atoms with Crippen LogP contribution in [-0.4, -0.2) is 28.2 Å². The predicted octanol–water partition coefficient (Wildman–Crippen LogP) is 2.59. The first-order valence-electron chi connectivity index (χ1n) is 4.98. The van der Waals surface area contributed by atoms with Crippen molar-refractivity contribution in [2.75, 3.05) is 6.67 Å². The first-order valence-corrected chi connectivity index (χ1v) is 6.13. The second-order valence-electron chi connectivity index (χ2n) is 4.34. The van der Waals surface area contributed by atoms with Gasteiger partial charge in [0.15, 0.2) is 0 Å². The van der Waals surface area contributed by atoms with Crippen LogP contribution < -0.4 is 4.72 Å². The number of rotatable bonds is 6. The van der Waals surface area contributed by atoms with Crippen molar-refractivity contribution in [3.05, 3.63) is 12.4 Å². The molecule has 3 atom stereocenters. The Hall–Kier alpha value is -0.200. The molecule has 0 aliphatic heterocycles. The van der Waals surface area contributed by atoms with Gasteiger partial charge in [-0.25, -0.2) is 8.78 Å². The van der Waals surface area contributed by atoms with E-state index in [1.165, 1.54) is 0 Å². The summed E-state index contributed by atoms with van der Waals surface area (Å²) in [6.07, 6.45) is -0.862. The maximum Gasteiger partial charge on any atom is 0.136 e. The van der Waals surface area contributed by atoms with E-state index in [4.69, 9.17) is 0 Å². The van der Waals surface area contributed by atoms with Gasteiger partial charge in [0, 0.05) is 17.8 Å². The van der Waals surface area contributed by atoms with E-state index in [9.17, 15) is 17.7 Å². The Kier molecular flexibility index (Phi) is 7.10. The Morgan fingerprint density at radius 3 is 2.38 bits per heavy atom. The summed E-state index contributed by atoms with van der Waals surface area (Å²) in [5, 5.41) is 0. The predicted molar refractivity (Wildman–Crippen MR) is 60.6 cm³/mol. The molecule has 16 heavy (non-hydrogen) atoms. The lowest BCUT2D eigenvalue weighted by Crippen LogP contribution is -2.47. The molecule has 2 nitrogen and oxygen atoms in total. The molecule has 0 aliphatic carbocycles. The Bertz CT molecular complexity index is 221. The minimum atomic E-state index is -1.59. The fourth-order valence-electron chi connectivity index (χ4n) is 0.896. The molecule has 6 heteroatoms. The molecule has 0 fully saturated rings. The summed E-state index contributed by atoms with van der Waals surface area (Å²) >= 11 is -1.52. The fraction of sp³-hybridized carbons (Fsp3) is 0.800. The molecular weight excluding hydrogens is 239 g/mol. The normalized spacial score (nSPS) is 18.7. The fourth-order valence-corrected chi connectivity index (χ4v) is 1.72. The van der Waals surface area contributed by atoms with Crippen LogP contribution in [0.5, 0.6) is 0 Å². The Balaban J connectivity index is 4.44. The summed E-state index contributed by atoms with van der Waals surface area (Å²) in [5.41, 5.74) is 0. The third-order valence-electron chi connectivity index (χ3n) is 1.85. The van der Waals surface area contributed by atoms with Gasteiger partial charge in [0.2, 0.25) is 0 Å². The summed E-state index contributed by atoms with van der Waals surface area (Å²) in [4.78, 5) is 0. The largest absolute Gasteiger partial charge is 0.598 e. The molecular formula is C10H18F3NOS. The van der Waals surface area contributed by atoms with Crippen LogP contribution >= 0.6 is 0 Å². The van der Waals surface area contributed by atoms with Crippen LogP contribution in [0.25, 0.3) is 0 Å². The molecule has 0 saturated carbocycles. The number of nitrogens with one attached hydrogen (secondary N) is 1. The molecule has 0 aromatic rings. The van der Waals surface area contributed by atoms with Gasteiger partial charge < -0.3 is 4.55 Å². The van der Waals surface area contributed by atoms with Gasteiger partial charge >= 0.3 is 0 Å². The maximum atomic E-state index is 13.3. The minimum Gasteiger partial charge on any atom is -0.598 e. The van der Waals surface area contributed by atoms with Gasteiger partial charge in [-0.05, 0) is 26.8 Å². The lowest BCUT2D eigenvalue weighted by molar-refractivity contribution is 0.253. The van der Waals surface area contributed by atoms with E-state index in [1.54, 1.807) is 20.8 Å². The van der Waals surface area contributed by atoms with Gasteiger partial charge in [-0.1, -0.05) is 0 Å². The first-order chi connectivity index (χ1) is 7.32. The van der Waals surface area contributed by atoms with E-state index in [2.05, 4.69) is 4.72 Å². The quantitative estimate of drug-likeness (QED) is 0.742. The van der Waals surface area contributed by atoms with E-state index in [-0.39, 0.29) is 12.8 Å². The van der Waals surface area contributed by atoms with Crippen LogP contribution in [-0.2, 0) is 11.4 Å². The van der Waals surface area contributed by atoms with E-state index in [0.29, 0.717) is 0 Å². The zero-order valence-corrected chi connectivity index (χ0v) is 10.5. The molecule has 0 aromatic carbocycles. The molecule has 2 unspecified atom stereocenters. The number of hydrogen-bond donors (Lipinski definition) is 1. The van der Waals surface area contributed by atoms with Crippen molar-refractivity contribution in [1.82, 2.24) is 4.72 Å². The van der Waals surface area contributed by atoms with Crippen LogP contribution in [0.4, 0.5) is 13.2 Å². The van der Waals surface area contributed by atoms with Gasteiger partial charge in [0.05, 0.1) is 13.0 Å². The summed E-state index contributed by atoms with van der Waals surface area (Å²) in [5.74, 6) is 0. The molecule has 0 radical (unpaired) electrons. The maximum absolute atomic E-state index is 13.3. The van der Waals surface area contributed by atoms with Crippen LogP contribution in [0.15, 0.2) is 12.4 Å². The van der Waals surface area contributed by atoms with E-state index in [0.717, 1.165) is 6.08 Å². The molecule has 0 heterocycles. The van der Waals surface area contributed by atoms with Gasteiger partial charge in [-0.2, -0.15) is 0 Å². The van der Waals surface area contributed by atoms with Crippen LogP contribution in [0, 0.1) is 0 Å². The Morgan fingerprint density at radius 2 is 2.00 bits per heavy atom. The average Bonchev–Trinajstić information content (AvgIpc) is 2.15. The third-order valence-corrected chi connectivity index (χ3v) is 3.45. The van der Waals surface area contributed by atoms with Crippen molar-refractivity contribution in [2.24, 2.45) is 0 Å². The van der Waals surface area contributed by atoms with Crippen molar-refractivity contribution in [3.8, 4) is 0 Å². The SMILES string of the molecule is CC(C)(C)[S@@+]([O-])NC(C=CF)C(F)CCF. The highest BCUT2D eigenvalue weighted by molar-refractivity contribution is 7.90. The zero-order chi connectivity index (χ0) is 12.8. The molecule has 0 amide bonds. The van der Waals surface area contributed by atoms with Crippen LogP contribution in [0.2, 0.25) is 0 Å². The van der Waals surface area contributed by atoms with E-state index in [1.807, 2.05) is 0 Å².